The molecule has 0 radical (unpaired) electrons. The smallest absolute Gasteiger partial charge is 0.222 e. The Morgan fingerprint density at radius 1 is 1.12 bits per heavy atom. The lowest BCUT2D eigenvalue weighted by atomic mass is 9.79. The predicted molar refractivity (Wildman–Crippen MR) is 63.8 cm³/mol. The van der Waals surface area contributed by atoms with Gasteiger partial charge in [0.25, 0.3) is 0 Å². The van der Waals surface area contributed by atoms with Crippen LogP contribution in [0.3, 0.4) is 0 Å². The lowest BCUT2D eigenvalue weighted by Crippen LogP contribution is -2.43. The van der Waals surface area contributed by atoms with Crippen LogP contribution in [0.25, 0.3) is 0 Å². The van der Waals surface area contributed by atoms with E-state index in [4.69, 9.17) is 0 Å². The van der Waals surface area contributed by atoms with Crippen molar-refractivity contribution in [1.29, 1.82) is 0 Å². The van der Waals surface area contributed by atoms with Gasteiger partial charge in [-0.3, -0.25) is 4.79 Å². The Labute approximate surface area is 98.2 Å². The number of hydrogen-bond acceptors (Lipinski definition) is 1. The Hall–Kier alpha value is -0.530. The highest BCUT2D eigenvalue weighted by molar-refractivity contribution is 5.78. The van der Waals surface area contributed by atoms with Crippen molar-refractivity contribution in [2.75, 3.05) is 0 Å². The van der Waals surface area contributed by atoms with E-state index in [0.29, 0.717) is 6.04 Å². The van der Waals surface area contributed by atoms with Gasteiger partial charge >= 0.3 is 0 Å². The van der Waals surface area contributed by atoms with Gasteiger partial charge in [0.1, 0.15) is 0 Å². The molecule has 90 valence electrons. The van der Waals surface area contributed by atoms with E-state index in [1.807, 2.05) is 13.8 Å². The largest absolute Gasteiger partial charge is 0.353 e. The summed E-state index contributed by atoms with van der Waals surface area (Å²) in [6.45, 7) is 3.97. The van der Waals surface area contributed by atoms with Gasteiger partial charge in [-0.1, -0.05) is 20.3 Å². The number of carbonyl (C=O) groups is 1. The highest BCUT2D eigenvalue weighted by atomic mass is 16.1. The van der Waals surface area contributed by atoms with Crippen molar-refractivity contribution in [3.8, 4) is 0 Å². The Balaban J connectivity index is 1.66. The van der Waals surface area contributed by atoms with E-state index in [1.165, 1.54) is 32.1 Å². The molecule has 0 aromatic carbocycles. The van der Waals surface area contributed by atoms with Gasteiger partial charge in [-0.05, 0) is 49.4 Å². The molecule has 1 amide bonds. The van der Waals surface area contributed by atoms with Crippen molar-refractivity contribution in [2.45, 2.75) is 52.0 Å². The van der Waals surface area contributed by atoms with E-state index < -0.39 is 0 Å². The predicted octanol–water partition coefficient (Wildman–Crippen LogP) is 2.58. The standard InChI is InChI=1S/C14H23NO/c1-8(2)14(16)15-13-7-9-6-12(13)11-5-3-4-10(9)11/h8-13H,3-7H2,1-2H3,(H,15,16). The maximum atomic E-state index is 11.8. The van der Waals surface area contributed by atoms with Crippen molar-refractivity contribution in [3.05, 3.63) is 0 Å². The van der Waals surface area contributed by atoms with Crippen LogP contribution < -0.4 is 5.32 Å². The molecule has 1 N–H and O–H groups in total. The first-order chi connectivity index (χ1) is 7.66. The summed E-state index contributed by atoms with van der Waals surface area (Å²) in [6.07, 6.45) is 7.01. The van der Waals surface area contributed by atoms with E-state index >= 15 is 0 Å². The zero-order chi connectivity index (χ0) is 11.3. The van der Waals surface area contributed by atoms with Gasteiger partial charge in [0.05, 0.1) is 0 Å². The summed E-state index contributed by atoms with van der Waals surface area (Å²) in [6, 6.07) is 0.513. The Bertz CT molecular complexity index is 299. The van der Waals surface area contributed by atoms with E-state index in [0.717, 1.165) is 23.7 Å². The normalized spacial score (nSPS) is 45.1. The minimum atomic E-state index is 0.138. The van der Waals surface area contributed by atoms with E-state index in [9.17, 15) is 4.79 Å². The van der Waals surface area contributed by atoms with Crippen LogP contribution in [0.4, 0.5) is 0 Å². The number of fused-ring (bicyclic) bond motifs is 5. The molecule has 0 aromatic heterocycles. The van der Waals surface area contributed by atoms with Crippen molar-refractivity contribution >= 4 is 5.91 Å². The summed E-state index contributed by atoms with van der Waals surface area (Å²) in [5, 5.41) is 3.28. The molecule has 5 atom stereocenters. The zero-order valence-electron chi connectivity index (χ0n) is 10.4. The van der Waals surface area contributed by atoms with Gasteiger partial charge in [0, 0.05) is 12.0 Å². The summed E-state index contributed by atoms with van der Waals surface area (Å²) >= 11 is 0. The minimum absolute atomic E-state index is 0.138. The summed E-state index contributed by atoms with van der Waals surface area (Å²) in [5.74, 6) is 4.13. The Kier molecular flexibility index (Phi) is 2.49. The Morgan fingerprint density at radius 3 is 2.62 bits per heavy atom. The summed E-state index contributed by atoms with van der Waals surface area (Å²) in [5.41, 5.74) is 0. The average molecular weight is 221 g/mol. The molecule has 2 heteroatoms. The van der Waals surface area contributed by atoms with Crippen molar-refractivity contribution < 1.29 is 4.79 Å². The Morgan fingerprint density at radius 2 is 1.88 bits per heavy atom. The first-order valence-electron chi connectivity index (χ1n) is 6.97. The number of amides is 1. The highest BCUT2D eigenvalue weighted by Crippen LogP contribution is 2.58. The fourth-order valence-corrected chi connectivity index (χ4v) is 4.58. The van der Waals surface area contributed by atoms with Gasteiger partial charge in [-0.25, -0.2) is 0 Å². The third-order valence-corrected chi connectivity index (χ3v) is 5.28. The number of rotatable bonds is 2. The zero-order valence-corrected chi connectivity index (χ0v) is 10.4. The third kappa shape index (κ3) is 1.49. The van der Waals surface area contributed by atoms with E-state index in [-0.39, 0.29) is 11.8 Å². The first-order valence-corrected chi connectivity index (χ1v) is 6.97. The van der Waals surface area contributed by atoms with Gasteiger partial charge in [-0.15, -0.1) is 0 Å². The van der Waals surface area contributed by atoms with Crippen LogP contribution in [0.1, 0.15) is 46.0 Å². The molecular weight excluding hydrogens is 198 g/mol. The van der Waals surface area contributed by atoms with Crippen LogP contribution in [0.2, 0.25) is 0 Å². The second-order valence-corrected chi connectivity index (χ2v) is 6.42. The van der Waals surface area contributed by atoms with Gasteiger partial charge in [-0.2, -0.15) is 0 Å². The topological polar surface area (TPSA) is 29.1 Å². The molecule has 0 saturated heterocycles. The number of nitrogens with one attached hydrogen (secondary N) is 1. The van der Waals surface area contributed by atoms with E-state index in [1.54, 1.807) is 0 Å². The molecule has 3 aliphatic carbocycles. The van der Waals surface area contributed by atoms with Crippen LogP contribution in [0, 0.1) is 29.6 Å². The molecular formula is C14H23NO. The fraction of sp³-hybridized carbons (Fsp3) is 0.929. The molecule has 0 aliphatic heterocycles. The van der Waals surface area contributed by atoms with Gasteiger partial charge in [0.15, 0.2) is 0 Å². The quantitative estimate of drug-likeness (QED) is 0.763. The minimum Gasteiger partial charge on any atom is -0.353 e. The SMILES string of the molecule is CC(C)C(=O)NC1CC2CC1C1CCCC21. The molecule has 0 aromatic rings. The molecule has 2 bridgehead atoms. The number of hydrogen-bond donors (Lipinski definition) is 1. The molecule has 2 nitrogen and oxygen atoms in total. The van der Waals surface area contributed by atoms with Gasteiger partial charge in [0.2, 0.25) is 5.91 Å². The molecule has 16 heavy (non-hydrogen) atoms. The van der Waals surface area contributed by atoms with Crippen molar-refractivity contribution in [3.63, 3.8) is 0 Å². The van der Waals surface area contributed by atoms with Crippen LogP contribution in [0.5, 0.6) is 0 Å². The average Bonchev–Trinajstić information content (AvgIpc) is 2.87. The highest BCUT2D eigenvalue weighted by Gasteiger charge is 2.53. The third-order valence-electron chi connectivity index (χ3n) is 5.28. The summed E-state index contributed by atoms with van der Waals surface area (Å²) < 4.78 is 0. The fourth-order valence-electron chi connectivity index (χ4n) is 4.58. The van der Waals surface area contributed by atoms with Crippen LogP contribution >= 0.6 is 0 Å². The number of carbonyl (C=O) groups excluding carboxylic acids is 1. The molecule has 0 spiro atoms. The van der Waals surface area contributed by atoms with Gasteiger partial charge < -0.3 is 5.32 Å². The second kappa shape index (κ2) is 3.75. The molecule has 3 rings (SSSR count). The molecule has 3 fully saturated rings. The lowest BCUT2D eigenvalue weighted by molar-refractivity contribution is -0.125. The maximum Gasteiger partial charge on any atom is 0.222 e. The summed E-state index contributed by atoms with van der Waals surface area (Å²) in [7, 11) is 0. The van der Waals surface area contributed by atoms with E-state index in [2.05, 4.69) is 5.32 Å². The molecule has 3 aliphatic rings. The van der Waals surface area contributed by atoms with Crippen LogP contribution in [-0.2, 0) is 4.79 Å². The monoisotopic (exact) mass is 221 g/mol. The molecule has 3 saturated carbocycles. The first kappa shape index (κ1) is 10.6. The molecule has 0 heterocycles. The maximum absolute atomic E-state index is 11.8. The summed E-state index contributed by atoms with van der Waals surface area (Å²) in [4.78, 5) is 11.8. The molecule has 5 unspecified atom stereocenters. The second-order valence-electron chi connectivity index (χ2n) is 6.42. The van der Waals surface area contributed by atoms with Crippen molar-refractivity contribution in [2.24, 2.45) is 29.6 Å². The lowest BCUT2D eigenvalue weighted by Gasteiger charge is -2.32. The van der Waals surface area contributed by atoms with Crippen molar-refractivity contribution in [1.82, 2.24) is 5.32 Å². The van der Waals surface area contributed by atoms with Crippen LogP contribution in [0.15, 0.2) is 0 Å². The van der Waals surface area contributed by atoms with Crippen LogP contribution in [-0.4, -0.2) is 11.9 Å².